The zero-order valence-corrected chi connectivity index (χ0v) is 14.7. The summed E-state index contributed by atoms with van der Waals surface area (Å²) < 4.78 is 7.40. The highest BCUT2D eigenvalue weighted by atomic mass is 32.1. The third kappa shape index (κ3) is 3.78. The fraction of sp³-hybridized carbons (Fsp3) is 0.643. The predicted molar refractivity (Wildman–Crippen MR) is 91.9 cm³/mol. The number of hydrogen-bond acceptors (Lipinski definition) is 5. The number of H-pyrrole nitrogens is 1. The van der Waals surface area contributed by atoms with Crippen LogP contribution in [-0.4, -0.2) is 63.9 Å². The molecule has 2 heterocycles. The molecule has 0 unspecified atom stereocenters. The number of aliphatic hydroxyl groups is 2. The number of rotatable bonds is 4. The third-order valence-corrected chi connectivity index (χ3v) is 5.63. The predicted octanol–water partition coefficient (Wildman–Crippen LogP) is 0.704. The zero-order chi connectivity index (χ0) is 16.7. The van der Waals surface area contributed by atoms with E-state index in [1.54, 1.807) is 13.2 Å². The molecule has 1 saturated heterocycles. The molecule has 0 aliphatic carbocycles. The molecule has 1 aliphatic heterocycles. The first-order valence-corrected chi connectivity index (χ1v) is 10.5. The fourth-order valence-corrected chi connectivity index (χ4v) is 3.72. The molecule has 1 aliphatic rings. The van der Waals surface area contributed by atoms with Gasteiger partial charge in [0.05, 0.1) is 6.10 Å². The van der Waals surface area contributed by atoms with Gasteiger partial charge in [-0.1, -0.05) is 12.2 Å². The maximum atomic E-state index is 11.5. The molecule has 1 aromatic heterocycles. The quantitative estimate of drug-likeness (QED) is 0.552. The van der Waals surface area contributed by atoms with Crippen LogP contribution >= 0.6 is 19.1 Å². The molecule has 0 aromatic carbocycles. The van der Waals surface area contributed by atoms with Gasteiger partial charge >= 0.3 is 5.69 Å². The lowest BCUT2D eigenvalue weighted by molar-refractivity contribution is 0.00529. The molecule has 124 valence electrons. The molecule has 0 saturated carbocycles. The average molecular weight is 346 g/mol. The van der Waals surface area contributed by atoms with Gasteiger partial charge in [-0.25, -0.2) is 4.79 Å². The third-order valence-electron chi connectivity index (χ3n) is 3.82. The maximum Gasteiger partial charge on any atom is 0.326 e. The van der Waals surface area contributed by atoms with E-state index in [0.29, 0.717) is 12.0 Å². The van der Waals surface area contributed by atoms with Crippen LogP contribution < -0.4 is 5.69 Å². The minimum absolute atomic E-state index is 0.227. The summed E-state index contributed by atoms with van der Waals surface area (Å²) in [6.45, 7) is 3.01. The lowest BCUT2D eigenvalue weighted by atomic mass is 10.0. The topological polar surface area (TPSA) is 87.5 Å². The Balaban J connectivity index is 2.23. The van der Waals surface area contributed by atoms with Crippen LogP contribution in [0.2, 0.25) is 0 Å². The van der Waals surface area contributed by atoms with Crippen LogP contribution in [0.4, 0.5) is 0 Å². The van der Waals surface area contributed by atoms with Crippen molar-refractivity contribution in [3.8, 4) is 0 Å². The average Bonchev–Trinajstić information content (AvgIpc) is 2.68. The summed E-state index contributed by atoms with van der Waals surface area (Å²) in [6.07, 6.45) is 3.97. The molecule has 0 radical (unpaired) electrons. The number of ether oxygens (including phenoxy) is 1. The molecule has 0 bridgehead atoms. The molecule has 8 heteroatoms. The zero-order valence-electron chi connectivity index (χ0n) is 13.0. The first-order valence-electron chi connectivity index (χ1n) is 7.09. The molecule has 2 rings (SSSR count). The van der Waals surface area contributed by atoms with E-state index in [1.807, 2.05) is 0 Å². The van der Waals surface area contributed by atoms with E-state index in [2.05, 4.69) is 24.6 Å². The van der Waals surface area contributed by atoms with Crippen molar-refractivity contribution in [2.24, 2.45) is 7.05 Å². The molecule has 1 fully saturated rings. The Hall–Kier alpha value is -0.720. The minimum Gasteiger partial charge on any atom is -0.388 e. The number of nitrogens with zero attached hydrogens (tertiary/aromatic N) is 1. The summed E-state index contributed by atoms with van der Waals surface area (Å²) in [5.74, 6) is 0. The van der Waals surface area contributed by atoms with Crippen LogP contribution in [0.5, 0.6) is 0 Å². The lowest BCUT2D eigenvalue weighted by Gasteiger charge is -2.18. The molecule has 6 nitrogen and oxygen atoms in total. The first-order chi connectivity index (χ1) is 10.1. The van der Waals surface area contributed by atoms with Gasteiger partial charge in [0.1, 0.15) is 23.0 Å². The van der Waals surface area contributed by atoms with E-state index in [4.69, 9.17) is 17.0 Å². The Morgan fingerprint density at radius 2 is 2.09 bits per heavy atom. The van der Waals surface area contributed by atoms with Gasteiger partial charge in [-0.3, -0.25) is 4.98 Å². The Labute approximate surface area is 134 Å². The summed E-state index contributed by atoms with van der Waals surface area (Å²) in [5.41, 5.74) is 0.178. The normalized spacial score (nSPS) is 29.0. The first kappa shape index (κ1) is 17.6. The van der Waals surface area contributed by atoms with Crippen LogP contribution in [0.25, 0.3) is 0 Å². The molecular weight excluding hydrogens is 323 g/mol. The second-order valence-electron chi connectivity index (χ2n) is 6.48. The number of hydrogen-bond donors (Lipinski definition) is 3. The van der Waals surface area contributed by atoms with Gasteiger partial charge in [-0.15, -0.1) is 13.2 Å². The molecule has 0 spiro atoms. The molecule has 0 amide bonds. The van der Waals surface area contributed by atoms with Crippen molar-refractivity contribution in [2.45, 2.75) is 30.8 Å². The van der Waals surface area contributed by atoms with Gasteiger partial charge < -0.3 is 19.5 Å². The van der Waals surface area contributed by atoms with Crippen molar-refractivity contribution in [2.75, 3.05) is 19.5 Å². The smallest absolute Gasteiger partial charge is 0.326 e. The molecular formula is C14H23N2O4PS. The van der Waals surface area contributed by atoms with Crippen molar-refractivity contribution in [3.63, 3.8) is 0 Å². The standard InChI is InChI=1S/C14H23N2O4PS/c1-16-7-8(13(22)15-14(16)19)12-11(18)10(17)9(20-12)5-6-21(2,3)4/h7,9-12,17-18H,2,5-6H2,1,3-4H3,(H,15,19,22)/t9-,10-,11-,12+/m1/s1. The van der Waals surface area contributed by atoms with E-state index in [0.717, 1.165) is 6.16 Å². The second kappa shape index (κ2) is 6.42. The van der Waals surface area contributed by atoms with Crippen LogP contribution in [0.1, 0.15) is 18.1 Å². The summed E-state index contributed by atoms with van der Waals surface area (Å²) in [4.78, 5) is 14.1. The largest absolute Gasteiger partial charge is 0.388 e. The minimum atomic E-state index is -1.22. The van der Waals surface area contributed by atoms with Crippen molar-refractivity contribution < 1.29 is 14.9 Å². The van der Waals surface area contributed by atoms with Crippen LogP contribution in [0.15, 0.2) is 11.0 Å². The van der Waals surface area contributed by atoms with Crippen molar-refractivity contribution in [1.29, 1.82) is 0 Å². The Kier molecular flexibility index (Phi) is 5.14. The van der Waals surface area contributed by atoms with Gasteiger partial charge in [0, 0.05) is 18.8 Å². The van der Waals surface area contributed by atoms with Crippen molar-refractivity contribution in [1.82, 2.24) is 9.55 Å². The lowest BCUT2D eigenvalue weighted by Crippen LogP contribution is -2.31. The summed E-state index contributed by atoms with van der Waals surface area (Å²) in [6, 6.07) is 0. The van der Waals surface area contributed by atoms with E-state index >= 15 is 0 Å². The number of aromatic nitrogens is 2. The highest BCUT2D eigenvalue weighted by molar-refractivity contribution is 7.72. The van der Waals surface area contributed by atoms with E-state index in [1.165, 1.54) is 4.57 Å². The summed E-state index contributed by atoms with van der Waals surface area (Å²) >= 11 is 5.14. The number of aryl methyl sites for hydroxylation is 1. The van der Waals surface area contributed by atoms with Gasteiger partial charge in [0.15, 0.2) is 0 Å². The molecule has 4 atom stereocenters. The van der Waals surface area contributed by atoms with Crippen LogP contribution in [-0.2, 0) is 11.8 Å². The summed E-state index contributed by atoms with van der Waals surface area (Å²) in [7, 11) is 1.59. The SMILES string of the molecule is C=P(C)(C)CC[C@H]1O[C@@H](c2cn(C)c(=O)[nH]c2=S)[C@H](O)[C@@H]1O. The van der Waals surface area contributed by atoms with E-state index in [-0.39, 0.29) is 10.3 Å². The Bertz CT molecular complexity index is 708. The van der Waals surface area contributed by atoms with E-state index in [9.17, 15) is 15.0 Å². The highest BCUT2D eigenvalue weighted by Crippen LogP contribution is 2.40. The monoisotopic (exact) mass is 346 g/mol. The maximum absolute atomic E-state index is 11.5. The molecule has 22 heavy (non-hydrogen) atoms. The molecule has 3 N–H and O–H groups in total. The van der Waals surface area contributed by atoms with Gasteiger partial charge in [0.2, 0.25) is 0 Å². The van der Waals surface area contributed by atoms with Crippen molar-refractivity contribution in [3.05, 3.63) is 26.9 Å². The Morgan fingerprint density at radius 3 is 2.68 bits per heavy atom. The second-order valence-corrected chi connectivity index (χ2v) is 11.2. The fourth-order valence-electron chi connectivity index (χ4n) is 2.51. The van der Waals surface area contributed by atoms with Gasteiger partial charge in [-0.05, 0) is 25.9 Å². The molecule has 1 aromatic rings. The Morgan fingerprint density at radius 1 is 1.45 bits per heavy atom. The van der Waals surface area contributed by atoms with Crippen molar-refractivity contribution >= 4 is 25.4 Å². The number of nitrogens with one attached hydrogen (secondary N) is 1. The van der Waals surface area contributed by atoms with Crippen LogP contribution in [0.3, 0.4) is 0 Å². The number of aromatic amines is 1. The van der Waals surface area contributed by atoms with E-state index < -0.39 is 31.3 Å². The summed E-state index contributed by atoms with van der Waals surface area (Å²) in [5, 5.41) is 20.5. The highest BCUT2D eigenvalue weighted by Gasteiger charge is 2.43. The van der Waals surface area contributed by atoms with Crippen LogP contribution in [0, 0.1) is 4.64 Å². The van der Waals surface area contributed by atoms with Gasteiger partial charge in [0.25, 0.3) is 0 Å². The number of aliphatic hydroxyl groups excluding tert-OH is 2. The van der Waals surface area contributed by atoms with Gasteiger partial charge in [-0.2, -0.15) is 0 Å².